The van der Waals surface area contributed by atoms with Crippen LogP contribution in [0.3, 0.4) is 0 Å². The van der Waals surface area contributed by atoms with E-state index >= 15 is 0 Å². The quantitative estimate of drug-likeness (QED) is 0.857. The van der Waals surface area contributed by atoms with Gasteiger partial charge in [0.25, 0.3) is 0 Å². The summed E-state index contributed by atoms with van der Waals surface area (Å²) in [6.45, 7) is 0. The highest BCUT2D eigenvalue weighted by molar-refractivity contribution is 5.88. The average molecular weight is 278 g/mol. The van der Waals surface area contributed by atoms with Crippen molar-refractivity contribution in [2.24, 2.45) is 5.92 Å². The van der Waals surface area contributed by atoms with Gasteiger partial charge in [-0.25, -0.2) is 4.79 Å². The van der Waals surface area contributed by atoms with E-state index in [1.165, 1.54) is 5.56 Å². The molecule has 21 heavy (non-hydrogen) atoms. The number of ether oxygens (including phenoxy) is 1. The second kappa shape index (κ2) is 4.49. The minimum Gasteiger partial charge on any atom is -0.453 e. The summed E-state index contributed by atoms with van der Waals surface area (Å²) in [5.41, 5.74) is 3.17. The highest BCUT2D eigenvalue weighted by Gasteiger charge is 2.45. The van der Waals surface area contributed by atoms with Crippen molar-refractivity contribution in [2.75, 3.05) is 0 Å². The Morgan fingerprint density at radius 2 is 1.95 bits per heavy atom. The van der Waals surface area contributed by atoms with Crippen molar-refractivity contribution in [3.8, 4) is 6.07 Å². The van der Waals surface area contributed by atoms with Crippen molar-refractivity contribution in [3.05, 3.63) is 58.9 Å². The molecule has 1 heterocycles. The third-order valence-corrected chi connectivity index (χ3v) is 4.61. The Morgan fingerprint density at radius 1 is 1.19 bits per heavy atom. The fourth-order valence-electron chi connectivity index (χ4n) is 3.48. The van der Waals surface area contributed by atoms with Crippen LogP contribution in [0.1, 0.15) is 52.2 Å². The molecule has 0 aliphatic heterocycles. The van der Waals surface area contributed by atoms with Gasteiger partial charge in [0.15, 0.2) is 0 Å². The van der Waals surface area contributed by atoms with Crippen molar-refractivity contribution in [2.45, 2.75) is 24.9 Å². The predicted molar refractivity (Wildman–Crippen MR) is 75.6 cm³/mol. The second-order valence-electron chi connectivity index (χ2n) is 5.78. The first-order valence-electron chi connectivity index (χ1n) is 7.15. The van der Waals surface area contributed by atoms with E-state index in [1.807, 2.05) is 18.2 Å². The van der Waals surface area contributed by atoms with Gasteiger partial charge in [-0.2, -0.15) is 5.26 Å². The van der Waals surface area contributed by atoms with E-state index in [1.54, 1.807) is 12.1 Å². The van der Waals surface area contributed by atoms with Gasteiger partial charge in [0.2, 0.25) is 0 Å². The number of hydrogen-bond acceptors (Lipinski definition) is 3. The first kappa shape index (κ1) is 12.2. The van der Waals surface area contributed by atoms with E-state index in [-0.39, 0.29) is 12.1 Å². The number of esters is 1. The maximum absolute atomic E-state index is 12.3. The summed E-state index contributed by atoms with van der Waals surface area (Å²) in [7, 11) is 0. The van der Waals surface area contributed by atoms with Crippen LogP contribution < -0.4 is 0 Å². The molecule has 1 aromatic heterocycles. The number of aromatic amines is 1. The van der Waals surface area contributed by atoms with Crippen molar-refractivity contribution < 1.29 is 9.53 Å². The van der Waals surface area contributed by atoms with Crippen LogP contribution in [0.15, 0.2) is 36.4 Å². The predicted octanol–water partition coefficient (Wildman–Crippen LogP) is 3.29. The fraction of sp³-hybridized carbons (Fsp3) is 0.294. The van der Waals surface area contributed by atoms with E-state index in [2.05, 4.69) is 17.1 Å². The molecule has 3 aliphatic carbocycles. The molecular weight excluding hydrogens is 264 g/mol. The lowest BCUT2D eigenvalue weighted by atomic mass is 9.61. The molecule has 104 valence electrons. The zero-order chi connectivity index (χ0) is 14.4. The van der Waals surface area contributed by atoms with E-state index < -0.39 is 0 Å². The molecule has 2 aromatic rings. The Hall–Kier alpha value is -2.54. The van der Waals surface area contributed by atoms with Gasteiger partial charge in [0.05, 0.1) is 0 Å². The summed E-state index contributed by atoms with van der Waals surface area (Å²) in [4.78, 5) is 15.0. The summed E-state index contributed by atoms with van der Waals surface area (Å²) >= 11 is 0. The number of nitriles is 1. The third kappa shape index (κ3) is 1.85. The Balaban J connectivity index is 1.60. The fourth-order valence-corrected chi connectivity index (χ4v) is 3.48. The zero-order valence-electron chi connectivity index (χ0n) is 11.4. The van der Waals surface area contributed by atoms with Crippen LogP contribution in [-0.4, -0.2) is 11.0 Å². The van der Waals surface area contributed by atoms with Gasteiger partial charge in [-0.1, -0.05) is 24.3 Å². The molecule has 1 saturated carbocycles. The van der Waals surface area contributed by atoms with Gasteiger partial charge < -0.3 is 9.72 Å². The minimum absolute atomic E-state index is 0.160. The van der Waals surface area contributed by atoms with E-state index in [9.17, 15) is 4.79 Å². The first-order valence-corrected chi connectivity index (χ1v) is 7.15. The Bertz CT molecular complexity index is 750. The maximum atomic E-state index is 12.3. The van der Waals surface area contributed by atoms with Crippen LogP contribution in [0.2, 0.25) is 0 Å². The molecule has 0 radical (unpaired) electrons. The highest BCUT2D eigenvalue weighted by Crippen LogP contribution is 2.56. The Labute approximate surface area is 122 Å². The summed E-state index contributed by atoms with van der Waals surface area (Å²) in [6.07, 6.45) is 2.04. The summed E-state index contributed by atoms with van der Waals surface area (Å²) in [5.74, 6) is 0.678. The standard InChI is InChI=1S/C17H14N2O2/c18-9-12-5-6-15(19-12)17(20)21-16-11-7-10(8-11)13-3-1-2-4-14(13)16/h1-6,10-11,16,19H,7-8H2. The van der Waals surface area contributed by atoms with Crippen molar-refractivity contribution >= 4 is 5.97 Å². The maximum Gasteiger partial charge on any atom is 0.355 e. The largest absolute Gasteiger partial charge is 0.453 e. The van der Waals surface area contributed by atoms with E-state index in [4.69, 9.17) is 10.00 Å². The number of H-pyrrole nitrogens is 1. The van der Waals surface area contributed by atoms with Crippen molar-refractivity contribution in [3.63, 3.8) is 0 Å². The van der Waals surface area contributed by atoms with E-state index in [0.717, 1.165) is 18.4 Å². The molecule has 1 N–H and O–H groups in total. The molecule has 1 atom stereocenters. The number of benzene rings is 1. The van der Waals surface area contributed by atoms with Gasteiger partial charge in [-0.3, -0.25) is 0 Å². The smallest absolute Gasteiger partial charge is 0.355 e. The lowest BCUT2D eigenvalue weighted by molar-refractivity contribution is -0.0165. The third-order valence-electron chi connectivity index (χ3n) is 4.61. The normalized spacial score (nSPS) is 25.4. The van der Waals surface area contributed by atoms with Crippen LogP contribution in [0, 0.1) is 17.2 Å². The van der Waals surface area contributed by atoms with Crippen molar-refractivity contribution in [1.29, 1.82) is 5.26 Å². The van der Waals surface area contributed by atoms with Gasteiger partial charge in [0, 0.05) is 5.92 Å². The minimum atomic E-state index is -0.387. The topological polar surface area (TPSA) is 65.9 Å². The molecule has 0 saturated heterocycles. The van der Waals surface area contributed by atoms with Gasteiger partial charge in [-0.15, -0.1) is 0 Å². The monoisotopic (exact) mass is 278 g/mol. The van der Waals surface area contributed by atoms with Gasteiger partial charge >= 0.3 is 5.97 Å². The van der Waals surface area contributed by atoms with Crippen LogP contribution >= 0.6 is 0 Å². The molecule has 2 bridgehead atoms. The molecule has 3 aliphatic rings. The number of rotatable bonds is 2. The van der Waals surface area contributed by atoms with E-state index in [0.29, 0.717) is 23.2 Å². The number of hydrogen-bond donors (Lipinski definition) is 1. The molecule has 1 aromatic carbocycles. The molecule has 1 unspecified atom stereocenters. The Morgan fingerprint density at radius 3 is 2.67 bits per heavy atom. The number of nitrogens with zero attached hydrogens (tertiary/aromatic N) is 1. The van der Waals surface area contributed by atoms with Crippen LogP contribution in [0.4, 0.5) is 0 Å². The summed E-state index contributed by atoms with van der Waals surface area (Å²) < 4.78 is 5.73. The van der Waals surface area contributed by atoms with Crippen LogP contribution in [-0.2, 0) is 4.74 Å². The Kier molecular flexibility index (Phi) is 2.61. The molecule has 0 amide bonds. The molecule has 0 spiro atoms. The van der Waals surface area contributed by atoms with Crippen LogP contribution in [0.5, 0.6) is 0 Å². The summed E-state index contributed by atoms with van der Waals surface area (Å²) in [5, 5.41) is 8.80. The molecule has 5 rings (SSSR count). The van der Waals surface area contributed by atoms with Gasteiger partial charge in [0.1, 0.15) is 23.6 Å². The molecule has 4 nitrogen and oxygen atoms in total. The lowest BCUT2D eigenvalue weighted by Crippen LogP contribution is -2.36. The highest BCUT2D eigenvalue weighted by atomic mass is 16.5. The van der Waals surface area contributed by atoms with Crippen LogP contribution in [0.25, 0.3) is 0 Å². The number of carbonyl (C=O) groups is 1. The number of nitrogens with one attached hydrogen (secondary N) is 1. The second-order valence-corrected chi connectivity index (χ2v) is 5.78. The van der Waals surface area contributed by atoms with Gasteiger partial charge in [-0.05, 0) is 42.0 Å². The summed E-state index contributed by atoms with van der Waals surface area (Å²) in [6, 6.07) is 13.4. The molecule has 4 heteroatoms. The molecular formula is C17H14N2O2. The first-order chi connectivity index (χ1) is 10.3. The molecule has 1 fully saturated rings. The number of aromatic nitrogens is 1. The zero-order valence-corrected chi connectivity index (χ0v) is 11.4. The average Bonchev–Trinajstić information content (AvgIpc) is 2.95. The lowest BCUT2D eigenvalue weighted by Gasteiger charge is -2.47. The van der Waals surface area contributed by atoms with Crippen molar-refractivity contribution in [1.82, 2.24) is 4.98 Å². The number of carbonyl (C=O) groups excluding carboxylic acids is 1. The SMILES string of the molecule is N#Cc1ccc(C(=O)OC2c3ccccc3C3CC2C3)[nH]1.